The Bertz CT molecular complexity index is 997. The predicted molar refractivity (Wildman–Crippen MR) is 114 cm³/mol. The largest absolute Gasteiger partial charge is 0.383 e. The molecule has 0 saturated heterocycles. The van der Waals surface area contributed by atoms with E-state index in [4.69, 9.17) is 5.73 Å². The SMILES string of the molecule is Cc1ccc(NC(=O)CSc2nc(N)c3c4c(sc3n2)CCCC4C)cc1. The maximum Gasteiger partial charge on any atom is 0.234 e. The van der Waals surface area contributed by atoms with Gasteiger partial charge in [0.15, 0.2) is 5.16 Å². The van der Waals surface area contributed by atoms with Crippen molar-refractivity contribution in [2.75, 3.05) is 16.8 Å². The number of nitrogen functional groups attached to an aromatic ring is 1. The van der Waals surface area contributed by atoms with Crippen LogP contribution in [0, 0.1) is 6.92 Å². The number of aromatic nitrogens is 2. The highest BCUT2D eigenvalue weighted by molar-refractivity contribution is 7.99. The summed E-state index contributed by atoms with van der Waals surface area (Å²) in [7, 11) is 0. The number of nitrogens with zero attached hydrogens (tertiary/aromatic N) is 2. The molecule has 27 heavy (non-hydrogen) atoms. The van der Waals surface area contributed by atoms with Gasteiger partial charge < -0.3 is 11.1 Å². The number of anilines is 2. The third-order valence-corrected chi connectivity index (χ3v) is 6.88. The van der Waals surface area contributed by atoms with E-state index in [1.165, 1.54) is 35.0 Å². The Kier molecular flexibility index (Phi) is 5.06. The summed E-state index contributed by atoms with van der Waals surface area (Å²) in [5.41, 5.74) is 9.57. The molecule has 1 aliphatic carbocycles. The highest BCUT2D eigenvalue weighted by Crippen LogP contribution is 2.43. The number of benzene rings is 1. The Morgan fingerprint density at radius 2 is 2.11 bits per heavy atom. The smallest absolute Gasteiger partial charge is 0.234 e. The van der Waals surface area contributed by atoms with Crippen LogP contribution in [-0.4, -0.2) is 21.6 Å². The molecule has 3 N–H and O–H groups in total. The molecule has 4 rings (SSSR count). The van der Waals surface area contributed by atoms with Crippen molar-refractivity contribution >= 4 is 50.7 Å². The number of thioether (sulfide) groups is 1. The van der Waals surface area contributed by atoms with Gasteiger partial charge in [0, 0.05) is 10.6 Å². The van der Waals surface area contributed by atoms with Crippen LogP contribution < -0.4 is 11.1 Å². The number of hydrogen-bond donors (Lipinski definition) is 2. The first-order valence-corrected chi connectivity index (χ1v) is 10.9. The zero-order valence-electron chi connectivity index (χ0n) is 15.4. The van der Waals surface area contributed by atoms with Crippen LogP contribution >= 0.6 is 23.1 Å². The average molecular weight is 399 g/mol. The van der Waals surface area contributed by atoms with Crippen molar-refractivity contribution in [3.05, 3.63) is 40.3 Å². The standard InChI is InChI=1S/C20H22N4OS2/c1-11-6-8-13(9-7-11)22-15(25)10-26-20-23-18(21)17-16-12(2)4-3-5-14(16)27-19(17)24-20/h6-9,12H,3-5,10H2,1-2H3,(H,22,25)(H2,21,23,24). The molecule has 2 heterocycles. The third-order valence-electron chi connectivity index (χ3n) is 4.87. The van der Waals surface area contributed by atoms with E-state index in [0.29, 0.717) is 16.9 Å². The average Bonchev–Trinajstić information content (AvgIpc) is 3.02. The summed E-state index contributed by atoms with van der Waals surface area (Å²) in [4.78, 5) is 23.7. The number of nitrogens with one attached hydrogen (secondary N) is 1. The molecular weight excluding hydrogens is 376 g/mol. The van der Waals surface area contributed by atoms with Crippen molar-refractivity contribution in [1.82, 2.24) is 9.97 Å². The first-order valence-electron chi connectivity index (χ1n) is 9.09. The summed E-state index contributed by atoms with van der Waals surface area (Å²) < 4.78 is 0. The molecule has 5 nitrogen and oxygen atoms in total. The zero-order valence-corrected chi connectivity index (χ0v) is 17.0. The fourth-order valence-corrected chi connectivity index (χ4v) is 5.57. The molecule has 3 aromatic rings. The van der Waals surface area contributed by atoms with Crippen LogP contribution in [0.5, 0.6) is 0 Å². The lowest BCUT2D eigenvalue weighted by molar-refractivity contribution is -0.113. The summed E-state index contributed by atoms with van der Waals surface area (Å²) in [5, 5.41) is 4.48. The fraction of sp³-hybridized carbons (Fsp3) is 0.350. The zero-order chi connectivity index (χ0) is 19.0. The minimum absolute atomic E-state index is 0.0785. The van der Waals surface area contributed by atoms with E-state index in [1.807, 2.05) is 31.2 Å². The molecule has 0 fully saturated rings. The lowest BCUT2D eigenvalue weighted by Crippen LogP contribution is -2.14. The maximum absolute atomic E-state index is 12.2. The van der Waals surface area contributed by atoms with Crippen LogP contribution in [0.1, 0.15) is 41.7 Å². The van der Waals surface area contributed by atoms with E-state index in [2.05, 4.69) is 22.2 Å². The van der Waals surface area contributed by atoms with Gasteiger partial charge in [0.25, 0.3) is 0 Å². The molecule has 1 aliphatic rings. The molecule has 1 amide bonds. The summed E-state index contributed by atoms with van der Waals surface area (Å²) in [5.74, 6) is 1.21. The molecule has 1 atom stereocenters. The molecule has 0 bridgehead atoms. The van der Waals surface area contributed by atoms with Crippen molar-refractivity contribution in [1.29, 1.82) is 0 Å². The van der Waals surface area contributed by atoms with Gasteiger partial charge in [0.2, 0.25) is 5.91 Å². The second-order valence-electron chi connectivity index (χ2n) is 7.01. The predicted octanol–water partition coefficient (Wildman–Crippen LogP) is 4.75. The van der Waals surface area contributed by atoms with Crippen LogP contribution in [0.25, 0.3) is 10.2 Å². The molecular formula is C20H22N4OS2. The Morgan fingerprint density at radius 1 is 1.33 bits per heavy atom. The van der Waals surface area contributed by atoms with E-state index in [0.717, 1.165) is 27.9 Å². The number of amides is 1. The quantitative estimate of drug-likeness (QED) is 0.489. The lowest BCUT2D eigenvalue weighted by atomic mass is 9.87. The molecule has 0 aliphatic heterocycles. The van der Waals surface area contributed by atoms with Crippen molar-refractivity contribution in [2.45, 2.75) is 44.2 Å². The highest BCUT2D eigenvalue weighted by atomic mass is 32.2. The number of carbonyl (C=O) groups excluding carboxylic acids is 1. The minimum Gasteiger partial charge on any atom is -0.383 e. The van der Waals surface area contributed by atoms with E-state index in [-0.39, 0.29) is 11.7 Å². The van der Waals surface area contributed by atoms with Gasteiger partial charge in [-0.2, -0.15) is 0 Å². The molecule has 1 aromatic carbocycles. The van der Waals surface area contributed by atoms with E-state index in [1.54, 1.807) is 11.3 Å². The van der Waals surface area contributed by atoms with Crippen LogP contribution in [0.3, 0.4) is 0 Å². The second-order valence-corrected chi connectivity index (χ2v) is 9.03. The van der Waals surface area contributed by atoms with Crippen LogP contribution in [0.2, 0.25) is 0 Å². The van der Waals surface area contributed by atoms with Gasteiger partial charge in [-0.15, -0.1) is 11.3 Å². The Hall–Kier alpha value is -2.12. The van der Waals surface area contributed by atoms with E-state index < -0.39 is 0 Å². The summed E-state index contributed by atoms with van der Waals surface area (Å²) >= 11 is 3.04. The summed E-state index contributed by atoms with van der Waals surface area (Å²) in [6, 6.07) is 7.74. The number of thiophene rings is 1. The van der Waals surface area contributed by atoms with Gasteiger partial charge in [-0.25, -0.2) is 9.97 Å². The second kappa shape index (κ2) is 7.48. The van der Waals surface area contributed by atoms with Crippen LogP contribution in [-0.2, 0) is 11.2 Å². The summed E-state index contributed by atoms with van der Waals surface area (Å²) in [6.45, 7) is 4.27. The number of carbonyl (C=O) groups is 1. The first-order chi connectivity index (χ1) is 13.0. The van der Waals surface area contributed by atoms with Crippen LogP contribution in [0.4, 0.5) is 11.5 Å². The number of aryl methyl sites for hydroxylation is 2. The maximum atomic E-state index is 12.2. The van der Waals surface area contributed by atoms with E-state index in [9.17, 15) is 4.79 Å². The summed E-state index contributed by atoms with van der Waals surface area (Å²) in [6.07, 6.45) is 3.50. The first kappa shape index (κ1) is 18.3. The van der Waals surface area contributed by atoms with E-state index >= 15 is 0 Å². The Balaban J connectivity index is 1.49. The molecule has 0 spiro atoms. The van der Waals surface area contributed by atoms with Gasteiger partial charge in [-0.1, -0.05) is 36.4 Å². The van der Waals surface area contributed by atoms with Crippen molar-refractivity contribution in [3.8, 4) is 0 Å². The minimum atomic E-state index is -0.0785. The van der Waals surface area contributed by atoms with Gasteiger partial charge >= 0.3 is 0 Å². The van der Waals surface area contributed by atoms with Gasteiger partial charge in [0.05, 0.1) is 11.1 Å². The highest BCUT2D eigenvalue weighted by Gasteiger charge is 2.25. The topological polar surface area (TPSA) is 80.9 Å². The Labute approximate surface area is 166 Å². The van der Waals surface area contributed by atoms with Crippen molar-refractivity contribution < 1.29 is 4.79 Å². The van der Waals surface area contributed by atoms with Gasteiger partial charge in [0.1, 0.15) is 10.6 Å². The number of hydrogen-bond acceptors (Lipinski definition) is 6. The normalized spacial score (nSPS) is 16.3. The number of fused-ring (bicyclic) bond motifs is 3. The molecule has 2 aromatic heterocycles. The lowest BCUT2D eigenvalue weighted by Gasteiger charge is -2.18. The van der Waals surface area contributed by atoms with Crippen molar-refractivity contribution in [3.63, 3.8) is 0 Å². The molecule has 1 unspecified atom stereocenters. The monoisotopic (exact) mass is 398 g/mol. The molecule has 0 radical (unpaired) electrons. The van der Waals surface area contributed by atoms with Crippen molar-refractivity contribution in [2.24, 2.45) is 0 Å². The molecule has 140 valence electrons. The van der Waals surface area contributed by atoms with Crippen LogP contribution in [0.15, 0.2) is 29.4 Å². The van der Waals surface area contributed by atoms with Gasteiger partial charge in [-0.3, -0.25) is 4.79 Å². The molecule has 0 saturated carbocycles. The third kappa shape index (κ3) is 3.80. The molecule has 7 heteroatoms. The number of rotatable bonds is 4. The fourth-order valence-electron chi connectivity index (χ4n) is 3.52. The number of nitrogens with two attached hydrogens (primary N) is 1. The van der Waals surface area contributed by atoms with Gasteiger partial charge in [-0.05, 0) is 49.8 Å². The Morgan fingerprint density at radius 3 is 2.89 bits per heavy atom.